The van der Waals surface area contributed by atoms with E-state index in [1.54, 1.807) is 45.2 Å². The van der Waals surface area contributed by atoms with Crippen molar-refractivity contribution in [2.24, 2.45) is 5.73 Å². The van der Waals surface area contributed by atoms with Crippen LogP contribution < -0.4 is 5.73 Å². The minimum absolute atomic E-state index is 0.198. The summed E-state index contributed by atoms with van der Waals surface area (Å²) in [6.45, 7) is 3.77. The monoisotopic (exact) mass is 298 g/mol. The van der Waals surface area contributed by atoms with Crippen LogP contribution in [0.1, 0.15) is 29.8 Å². The Hall–Kier alpha value is -1.40. The lowest BCUT2D eigenvalue weighted by molar-refractivity contribution is 0.0743. The highest BCUT2D eigenvalue weighted by atomic mass is 32.2. The fourth-order valence-electron chi connectivity index (χ4n) is 1.84. The Labute approximate surface area is 120 Å². The Morgan fingerprint density at radius 1 is 1.25 bits per heavy atom. The fourth-order valence-corrected chi connectivity index (χ4v) is 2.74. The molecule has 1 aromatic rings. The summed E-state index contributed by atoms with van der Waals surface area (Å²) in [5.41, 5.74) is 6.98. The van der Waals surface area contributed by atoms with Crippen LogP contribution in [-0.2, 0) is 16.4 Å². The first kappa shape index (κ1) is 16.7. The van der Waals surface area contributed by atoms with Crippen LogP contribution in [0.2, 0.25) is 0 Å². The second kappa shape index (κ2) is 6.37. The lowest BCUT2D eigenvalue weighted by atomic mass is 10.1. The normalized spacial score (nSPS) is 14.7. The molecular formula is C14H22N2O3S. The molecule has 0 bridgehead atoms. The maximum atomic E-state index is 12.3. The highest BCUT2D eigenvalue weighted by Crippen LogP contribution is 2.14. The maximum absolute atomic E-state index is 12.3. The third-order valence-corrected chi connectivity index (χ3v) is 5.47. The smallest absolute Gasteiger partial charge is 0.253 e. The number of benzene rings is 1. The first-order valence-electron chi connectivity index (χ1n) is 6.43. The standard InChI is InChI=1S/C14H22N2O3S/c1-10(11(2)20(4,18)19)16(3)14(17)13-7-5-12(9-15)6-8-13/h5-8,10-11H,9,15H2,1-4H3. The molecule has 0 spiro atoms. The summed E-state index contributed by atoms with van der Waals surface area (Å²) in [4.78, 5) is 13.8. The Bertz CT molecular complexity index is 567. The molecule has 0 saturated carbocycles. The van der Waals surface area contributed by atoms with Crippen LogP contribution in [0, 0.1) is 0 Å². The first-order valence-corrected chi connectivity index (χ1v) is 8.39. The van der Waals surface area contributed by atoms with Crippen molar-refractivity contribution in [1.82, 2.24) is 4.90 Å². The number of carbonyl (C=O) groups excluding carboxylic acids is 1. The van der Waals surface area contributed by atoms with Crippen LogP contribution in [0.4, 0.5) is 0 Å². The third kappa shape index (κ3) is 3.80. The van der Waals surface area contributed by atoms with E-state index < -0.39 is 21.1 Å². The van der Waals surface area contributed by atoms with E-state index >= 15 is 0 Å². The summed E-state index contributed by atoms with van der Waals surface area (Å²) >= 11 is 0. The Balaban J connectivity index is 2.90. The van der Waals surface area contributed by atoms with Gasteiger partial charge in [0.1, 0.15) is 0 Å². The summed E-state index contributed by atoms with van der Waals surface area (Å²) in [6, 6.07) is 6.61. The van der Waals surface area contributed by atoms with Crippen LogP contribution in [0.15, 0.2) is 24.3 Å². The molecule has 2 atom stereocenters. The molecule has 6 heteroatoms. The van der Waals surface area contributed by atoms with Gasteiger partial charge in [0.05, 0.1) is 5.25 Å². The predicted octanol–water partition coefficient (Wildman–Crippen LogP) is 1.04. The van der Waals surface area contributed by atoms with Crippen LogP contribution in [0.3, 0.4) is 0 Å². The molecule has 2 N–H and O–H groups in total. The second-order valence-corrected chi connectivity index (χ2v) is 7.49. The van der Waals surface area contributed by atoms with E-state index in [-0.39, 0.29) is 5.91 Å². The lowest BCUT2D eigenvalue weighted by Gasteiger charge is -2.29. The highest BCUT2D eigenvalue weighted by molar-refractivity contribution is 7.91. The summed E-state index contributed by atoms with van der Waals surface area (Å²) in [7, 11) is -1.57. The molecule has 1 amide bonds. The predicted molar refractivity (Wildman–Crippen MR) is 80.2 cm³/mol. The summed E-state index contributed by atoms with van der Waals surface area (Å²) in [5.74, 6) is -0.198. The molecule has 0 aliphatic rings. The van der Waals surface area contributed by atoms with Crippen LogP contribution >= 0.6 is 0 Å². The Morgan fingerprint density at radius 2 is 1.75 bits per heavy atom. The minimum atomic E-state index is -3.18. The van der Waals surface area contributed by atoms with Crippen molar-refractivity contribution in [2.45, 2.75) is 31.7 Å². The molecule has 20 heavy (non-hydrogen) atoms. The molecule has 112 valence electrons. The van der Waals surface area contributed by atoms with E-state index in [2.05, 4.69) is 0 Å². The molecule has 5 nitrogen and oxygen atoms in total. The van der Waals surface area contributed by atoms with Crippen LogP contribution in [0.25, 0.3) is 0 Å². The topological polar surface area (TPSA) is 80.5 Å². The maximum Gasteiger partial charge on any atom is 0.253 e. The van der Waals surface area contributed by atoms with E-state index in [1.807, 2.05) is 0 Å². The Kier molecular flexibility index (Phi) is 5.30. The molecule has 0 aliphatic carbocycles. The van der Waals surface area contributed by atoms with Crippen LogP contribution in [0.5, 0.6) is 0 Å². The van der Waals surface area contributed by atoms with Crippen LogP contribution in [-0.4, -0.2) is 43.8 Å². The Morgan fingerprint density at radius 3 is 2.15 bits per heavy atom. The van der Waals surface area contributed by atoms with Gasteiger partial charge in [0.2, 0.25) is 0 Å². The second-order valence-electron chi connectivity index (χ2n) is 5.09. The summed E-state index contributed by atoms with van der Waals surface area (Å²) < 4.78 is 23.1. The fraction of sp³-hybridized carbons (Fsp3) is 0.500. The molecule has 1 rings (SSSR count). The first-order chi connectivity index (χ1) is 9.18. The van der Waals surface area contributed by atoms with Crippen molar-refractivity contribution in [1.29, 1.82) is 0 Å². The van der Waals surface area contributed by atoms with Crippen molar-refractivity contribution in [2.75, 3.05) is 13.3 Å². The minimum Gasteiger partial charge on any atom is -0.338 e. The van der Waals surface area contributed by atoms with Gasteiger partial charge in [-0.1, -0.05) is 12.1 Å². The zero-order valence-corrected chi connectivity index (χ0v) is 13.1. The number of amides is 1. The van der Waals surface area contributed by atoms with E-state index in [1.165, 1.54) is 11.2 Å². The van der Waals surface area contributed by atoms with Crippen molar-refractivity contribution >= 4 is 15.7 Å². The molecule has 0 fully saturated rings. The molecule has 0 heterocycles. The SMILES string of the molecule is CC(C(C)S(C)(=O)=O)N(C)C(=O)c1ccc(CN)cc1. The molecule has 1 aromatic carbocycles. The number of nitrogens with two attached hydrogens (primary N) is 1. The average Bonchev–Trinajstić information content (AvgIpc) is 2.43. The van der Waals surface area contributed by atoms with E-state index in [0.29, 0.717) is 12.1 Å². The quantitative estimate of drug-likeness (QED) is 0.880. The summed E-state index contributed by atoms with van der Waals surface area (Å²) in [5, 5.41) is -0.611. The van der Waals surface area contributed by atoms with Gasteiger partial charge in [-0.25, -0.2) is 8.42 Å². The zero-order chi connectivity index (χ0) is 15.5. The third-order valence-electron chi connectivity index (χ3n) is 3.72. The highest BCUT2D eigenvalue weighted by Gasteiger charge is 2.28. The van der Waals surface area contributed by atoms with Gasteiger partial charge in [-0.3, -0.25) is 4.79 Å². The average molecular weight is 298 g/mol. The van der Waals surface area contributed by atoms with Crippen molar-refractivity contribution in [3.63, 3.8) is 0 Å². The van der Waals surface area contributed by atoms with E-state index in [9.17, 15) is 13.2 Å². The number of rotatable bonds is 5. The van der Waals surface area contributed by atoms with Crippen molar-refractivity contribution < 1.29 is 13.2 Å². The largest absolute Gasteiger partial charge is 0.338 e. The van der Waals surface area contributed by atoms with Gasteiger partial charge in [0.15, 0.2) is 9.84 Å². The number of sulfone groups is 1. The molecule has 0 saturated heterocycles. The number of hydrogen-bond donors (Lipinski definition) is 1. The lowest BCUT2D eigenvalue weighted by Crippen LogP contribution is -2.44. The summed E-state index contributed by atoms with van der Waals surface area (Å²) in [6.07, 6.45) is 1.18. The van der Waals surface area contributed by atoms with Gasteiger partial charge in [0.25, 0.3) is 5.91 Å². The number of carbonyl (C=O) groups is 1. The van der Waals surface area contributed by atoms with Gasteiger partial charge in [0, 0.05) is 31.5 Å². The van der Waals surface area contributed by atoms with Gasteiger partial charge in [-0.15, -0.1) is 0 Å². The van der Waals surface area contributed by atoms with Gasteiger partial charge < -0.3 is 10.6 Å². The molecular weight excluding hydrogens is 276 g/mol. The molecule has 0 aromatic heterocycles. The van der Waals surface area contributed by atoms with Gasteiger partial charge in [-0.05, 0) is 31.5 Å². The van der Waals surface area contributed by atoms with Gasteiger partial charge >= 0.3 is 0 Å². The van der Waals surface area contributed by atoms with Crippen molar-refractivity contribution in [3.8, 4) is 0 Å². The molecule has 0 aliphatic heterocycles. The molecule has 2 unspecified atom stereocenters. The number of nitrogens with zero attached hydrogens (tertiary/aromatic N) is 1. The van der Waals surface area contributed by atoms with Gasteiger partial charge in [-0.2, -0.15) is 0 Å². The van der Waals surface area contributed by atoms with E-state index in [4.69, 9.17) is 5.73 Å². The van der Waals surface area contributed by atoms with E-state index in [0.717, 1.165) is 5.56 Å². The van der Waals surface area contributed by atoms with Crippen molar-refractivity contribution in [3.05, 3.63) is 35.4 Å². The zero-order valence-electron chi connectivity index (χ0n) is 12.3. The number of hydrogen-bond acceptors (Lipinski definition) is 4. The molecule has 0 radical (unpaired) electrons.